The number of aromatic nitrogens is 2. The first-order valence-electron chi connectivity index (χ1n) is 5.37. The number of nitrogens with zero attached hydrogens (tertiary/aromatic N) is 2. The molecule has 1 rings (SSSR count). The van der Waals surface area contributed by atoms with Crippen LogP contribution >= 0.6 is 0 Å². The Labute approximate surface area is 86.5 Å². The van der Waals surface area contributed by atoms with E-state index in [1.54, 1.807) is 0 Å². The molecule has 0 aromatic carbocycles. The maximum atomic E-state index is 4.40. The Morgan fingerprint density at radius 2 is 2.21 bits per heavy atom. The lowest BCUT2D eigenvalue weighted by Gasteiger charge is -2.05. The van der Waals surface area contributed by atoms with E-state index in [2.05, 4.69) is 44.3 Å². The lowest BCUT2D eigenvalue weighted by molar-refractivity contribution is 0.551. The largest absolute Gasteiger partial charge is 0.312 e. The highest BCUT2D eigenvalue weighted by atomic mass is 15.3. The fourth-order valence-corrected chi connectivity index (χ4v) is 1.39. The molecular formula is C11H21N3. The number of rotatable bonds is 5. The second-order valence-electron chi connectivity index (χ2n) is 4.12. The van der Waals surface area contributed by atoms with Gasteiger partial charge in [-0.15, -0.1) is 0 Å². The van der Waals surface area contributed by atoms with Gasteiger partial charge >= 0.3 is 0 Å². The van der Waals surface area contributed by atoms with Crippen LogP contribution in [0.15, 0.2) is 6.20 Å². The second-order valence-corrected chi connectivity index (χ2v) is 4.12. The molecule has 80 valence electrons. The van der Waals surface area contributed by atoms with Crippen molar-refractivity contribution in [3.63, 3.8) is 0 Å². The third-order valence-corrected chi connectivity index (χ3v) is 2.24. The van der Waals surface area contributed by atoms with Crippen molar-refractivity contribution < 1.29 is 0 Å². The average Bonchev–Trinajstić information content (AvgIpc) is 2.47. The molecule has 1 heterocycles. The molecule has 14 heavy (non-hydrogen) atoms. The SMILES string of the molecule is CCn1cc(CNCC(C)C)c(C)n1. The number of aryl methyl sites for hydroxylation is 2. The van der Waals surface area contributed by atoms with Crippen LogP contribution in [-0.2, 0) is 13.1 Å². The van der Waals surface area contributed by atoms with Gasteiger partial charge in [-0.1, -0.05) is 13.8 Å². The van der Waals surface area contributed by atoms with Crippen molar-refractivity contribution in [3.8, 4) is 0 Å². The highest BCUT2D eigenvalue weighted by Crippen LogP contribution is 2.05. The summed E-state index contributed by atoms with van der Waals surface area (Å²) in [5, 5.41) is 7.83. The van der Waals surface area contributed by atoms with Gasteiger partial charge in [0.05, 0.1) is 5.69 Å². The topological polar surface area (TPSA) is 29.9 Å². The summed E-state index contributed by atoms with van der Waals surface area (Å²) in [4.78, 5) is 0. The molecule has 0 bridgehead atoms. The Kier molecular flexibility index (Phi) is 4.14. The highest BCUT2D eigenvalue weighted by Gasteiger charge is 2.03. The minimum absolute atomic E-state index is 0.705. The maximum absolute atomic E-state index is 4.40. The molecule has 1 aromatic rings. The molecule has 3 heteroatoms. The summed E-state index contributed by atoms with van der Waals surface area (Å²) in [5.74, 6) is 0.705. The minimum atomic E-state index is 0.705. The van der Waals surface area contributed by atoms with E-state index in [-0.39, 0.29) is 0 Å². The Balaban J connectivity index is 2.45. The van der Waals surface area contributed by atoms with E-state index < -0.39 is 0 Å². The third-order valence-electron chi connectivity index (χ3n) is 2.24. The zero-order valence-electron chi connectivity index (χ0n) is 9.67. The predicted molar refractivity (Wildman–Crippen MR) is 59.2 cm³/mol. The van der Waals surface area contributed by atoms with Crippen LogP contribution < -0.4 is 5.32 Å². The number of nitrogens with one attached hydrogen (secondary N) is 1. The molecule has 0 unspecified atom stereocenters. The molecule has 0 fully saturated rings. The zero-order chi connectivity index (χ0) is 10.6. The van der Waals surface area contributed by atoms with Crippen LogP contribution in [0.3, 0.4) is 0 Å². The Morgan fingerprint density at radius 1 is 1.50 bits per heavy atom. The van der Waals surface area contributed by atoms with E-state index in [4.69, 9.17) is 0 Å². The van der Waals surface area contributed by atoms with Crippen LogP contribution in [0.1, 0.15) is 32.0 Å². The molecule has 1 aromatic heterocycles. The maximum Gasteiger partial charge on any atom is 0.0638 e. The van der Waals surface area contributed by atoms with E-state index in [0.29, 0.717) is 5.92 Å². The van der Waals surface area contributed by atoms with Crippen LogP contribution in [0.5, 0.6) is 0 Å². The zero-order valence-corrected chi connectivity index (χ0v) is 9.67. The van der Waals surface area contributed by atoms with Crippen LogP contribution in [-0.4, -0.2) is 16.3 Å². The predicted octanol–water partition coefficient (Wildman–Crippen LogP) is 1.96. The summed E-state index contributed by atoms with van der Waals surface area (Å²) in [6, 6.07) is 0. The molecule has 1 N–H and O–H groups in total. The molecule has 0 aliphatic carbocycles. The van der Waals surface area contributed by atoms with Crippen molar-refractivity contribution in [1.82, 2.24) is 15.1 Å². The van der Waals surface area contributed by atoms with Gasteiger partial charge in [-0.2, -0.15) is 5.10 Å². The molecular weight excluding hydrogens is 174 g/mol. The first-order valence-corrected chi connectivity index (χ1v) is 5.37. The molecule has 3 nitrogen and oxygen atoms in total. The molecule has 0 radical (unpaired) electrons. The van der Waals surface area contributed by atoms with Crippen LogP contribution in [0.2, 0.25) is 0 Å². The van der Waals surface area contributed by atoms with Crippen molar-refractivity contribution >= 4 is 0 Å². The first kappa shape index (κ1) is 11.2. The molecule has 0 saturated heterocycles. The summed E-state index contributed by atoms with van der Waals surface area (Å²) in [5.41, 5.74) is 2.45. The van der Waals surface area contributed by atoms with Crippen LogP contribution in [0.25, 0.3) is 0 Å². The summed E-state index contributed by atoms with van der Waals surface area (Å²) in [6.45, 7) is 11.6. The molecule has 0 amide bonds. The fourth-order valence-electron chi connectivity index (χ4n) is 1.39. The van der Waals surface area contributed by atoms with Gasteiger partial charge in [0.2, 0.25) is 0 Å². The third kappa shape index (κ3) is 3.14. The van der Waals surface area contributed by atoms with Gasteiger partial charge in [-0.05, 0) is 26.3 Å². The van der Waals surface area contributed by atoms with E-state index in [1.165, 1.54) is 5.56 Å². The van der Waals surface area contributed by atoms with E-state index in [9.17, 15) is 0 Å². The summed E-state index contributed by atoms with van der Waals surface area (Å²) in [6.07, 6.45) is 2.13. The fraction of sp³-hybridized carbons (Fsp3) is 0.727. The minimum Gasteiger partial charge on any atom is -0.312 e. The van der Waals surface area contributed by atoms with Gasteiger partial charge < -0.3 is 5.32 Å². The van der Waals surface area contributed by atoms with E-state index in [1.807, 2.05) is 4.68 Å². The van der Waals surface area contributed by atoms with Gasteiger partial charge in [0, 0.05) is 24.8 Å². The molecule has 0 atom stereocenters. The van der Waals surface area contributed by atoms with Crippen molar-refractivity contribution in [1.29, 1.82) is 0 Å². The van der Waals surface area contributed by atoms with Crippen molar-refractivity contribution in [2.24, 2.45) is 5.92 Å². The van der Waals surface area contributed by atoms with Gasteiger partial charge in [0.1, 0.15) is 0 Å². The average molecular weight is 195 g/mol. The Morgan fingerprint density at radius 3 is 2.71 bits per heavy atom. The molecule has 0 saturated carbocycles. The monoisotopic (exact) mass is 195 g/mol. The van der Waals surface area contributed by atoms with Gasteiger partial charge in [0.15, 0.2) is 0 Å². The summed E-state index contributed by atoms with van der Waals surface area (Å²) in [7, 11) is 0. The smallest absolute Gasteiger partial charge is 0.0638 e. The van der Waals surface area contributed by atoms with Gasteiger partial charge in [0.25, 0.3) is 0 Å². The second kappa shape index (κ2) is 5.15. The van der Waals surface area contributed by atoms with E-state index in [0.717, 1.165) is 25.3 Å². The molecule has 0 aliphatic heterocycles. The van der Waals surface area contributed by atoms with Gasteiger partial charge in [-0.3, -0.25) is 4.68 Å². The lowest BCUT2D eigenvalue weighted by atomic mass is 10.2. The van der Waals surface area contributed by atoms with Crippen LogP contribution in [0.4, 0.5) is 0 Å². The lowest BCUT2D eigenvalue weighted by Crippen LogP contribution is -2.19. The Hall–Kier alpha value is -0.830. The van der Waals surface area contributed by atoms with Crippen molar-refractivity contribution in [3.05, 3.63) is 17.5 Å². The van der Waals surface area contributed by atoms with Crippen molar-refractivity contribution in [2.75, 3.05) is 6.54 Å². The highest BCUT2D eigenvalue weighted by molar-refractivity contribution is 5.14. The molecule has 0 spiro atoms. The normalized spacial score (nSPS) is 11.2. The summed E-state index contributed by atoms with van der Waals surface area (Å²) < 4.78 is 1.99. The standard InChI is InChI=1S/C11H21N3/c1-5-14-8-11(10(4)13-14)7-12-6-9(2)3/h8-9,12H,5-7H2,1-4H3. The summed E-state index contributed by atoms with van der Waals surface area (Å²) >= 11 is 0. The Bertz CT molecular complexity index is 276. The van der Waals surface area contributed by atoms with Crippen molar-refractivity contribution in [2.45, 2.75) is 40.8 Å². The number of hydrogen-bond acceptors (Lipinski definition) is 2. The van der Waals surface area contributed by atoms with E-state index >= 15 is 0 Å². The first-order chi connectivity index (χ1) is 6.63. The number of hydrogen-bond donors (Lipinski definition) is 1. The molecule has 0 aliphatic rings. The van der Waals surface area contributed by atoms with Crippen LogP contribution in [0, 0.1) is 12.8 Å². The quantitative estimate of drug-likeness (QED) is 0.778. The van der Waals surface area contributed by atoms with Gasteiger partial charge in [-0.25, -0.2) is 0 Å².